The molecule has 2 nitrogen and oxygen atoms in total. The topological polar surface area (TPSA) is 18.5 Å². The Balaban J connectivity index is 4.70. The molecule has 0 atom stereocenters. The Kier molecular flexibility index (Phi) is 7.34. The van der Waals surface area contributed by atoms with Gasteiger partial charge in [0.1, 0.15) is 0 Å². The summed E-state index contributed by atoms with van der Waals surface area (Å²) in [4.78, 5) is 0. The van der Waals surface area contributed by atoms with E-state index in [4.69, 9.17) is 0 Å². The Morgan fingerprint density at radius 3 is 1.38 bits per heavy atom. The molecule has 0 aliphatic heterocycles. The molecular weight excluding hydrogens is 316 g/mol. The standard InChI is InChI=1S/C11H16F8O2/c1-3-4-9(2,5-20-10(16,17)7(12)13)6-21-11(18,19)8(14)15/h7-8H,3-6H2,1-2H3. The van der Waals surface area contributed by atoms with Crippen LogP contribution >= 0.6 is 0 Å². The summed E-state index contributed by atoms with van der Waals surface area (Å²) in [6.07, 6.45) is -17.4. The zero-order valence-corrected chi connectivity index (χ0v) is 11.3. The third-order valence-electron chi connectivity index (χ3n) is 2.59. The molecule has 10 heteroatoms. The monoisotopic (exact) mass is 332 g/mol. The largest absolute Gasteiger partial charge is 0.416 e. The summed E-state index contributed by atoms with van der Waals surface area (Å²) in [6, 6.07) is 0. The predicted molar refractivity (Wildman–Crippen MR) is 56.8 cm³/mol. The average molecular weight is 332 g/mol. The molecule has 0 rings (SSSR count). The second kappa shape index (κ2) is 7.57. The van der Waals surface area contributed by atoms with Gasteiger partial charge in [-0.25, -0.2) is 17.6 Å². The van der Waals surface area contributed by atoms with Crippen molar-refractivity contribution < 1.29 is 44.6 Å². The summed E-state index contributed by atoms with van der Waals surface area (Å²) in [5, 5.41) is 0. The lowest BCUT2D eigenvalue weighted by molar-refractivity contribution is -0.328. The van der Waals surface area contributed by atoms with Gasteiger partial charge in [0.05, 0.1) is 13.2 Å². The number of rotatable bonds is 10. The molecule has 0 aromatic carbocycles. The van der Waals surface area contributed by atoms with Crippen LogP contribution in [0, 0.1) is 5.41 Å². The van der Waals surface area contributed by atoms with Crippen LogP contribution in [-0.4, -0.2) is 38.3 Å². The van der Waals surface area contributed by atoms with Gasteiger partial charge in [-0.2, -0.15) is 17.6 Å². The zero-order valence-electron chi connectivity index (χ0n) is 11.3. The molecule has 21 heavy (non-hydrogen) atoms. The van der Waals surface area contributed by atoms with E-state index in [2.05, 4.69) is 9.47 Å². The van der Waals surface area contributed by atoms with E-state index in [-0.39, 0.29) is 6.42 Å². The van der Waals surface area contributed by atoms with E-state index in [1.165, 1.54) is 0 Å². The summed E-state index contributed by atoms with van der Waals surface area (Å²) in [5.41, 5.74) is -1.54. The van der Waals surface area contributed by atoms with Crippen LogP contribution in [0.2, 0.25) is 0 Å². The van der Waals surface area contributed by atoms with Crippen molar-refractivity contribution in [3.05, 3.63) is 0 Å². The minimum Gasteiger partial charge on any atom is -0.315 e. The molecule has 0 aliphatic carbocycles. The Hall–Kier alpha value is -0.640. The second-order valence-electron chi connectivity index (χ2n) is 4.86. The highest BCUT2D eigenvalue weighted by atomic mass is 19.3. The summed E-state index contributed by atoms with van der Waals surface area (Å²) < 4.78 is 106. The van der Waals surface area contributed by atoms with Crippen molar-refractivity contribution >= 4 is 0 Å². The summed E-state index contributed by atoms with van der Waals surface area (Å²) in [7, 11) is 0. The van der Waals surface area contributed by atoms with Gasteiger partial charge in [-0.05, 0) is 6.42 Å². The highest BCUT2D eigenvalue weighted by molar-refractivity contribution is 4.75. The van der Waals surface area contributed by atoms with Gasteiger partial charge < -0.3 is 9.47 Å². The Labute approximate surface area is 116 Å². The van der Waals surface area contributed by atoms with Crippen LogP contribution in [0.15, 0.2) is 0 Å². The number of ether oxygens (including phenoxy) is 2. The molecule has 0 spiro atoms. The van der Waals surface area contributed by atoms with E-state index in [1.807, 2.05) is 0 Å². The van der Waals surface area contributed by atoms with Gasteiger partial charge in [0.2, 0.25) is 0 Å². The molecule has 0 saturated heterocycles. The van der Waals surface area contributed by atoms with Crippen molar-refractivity contribution in [1.29, 1.82) is 0 Å². The fraction of sp³-hybridized carbons (Fsp3) is 1.00. The maximum Gasteiger partial charge on any atom is 0.416 e. The molecule has 0 saturated carbocycles. The van der Waals surface area contributed by atoms with Crippen molar-refractivity contribution in [3.63, 3.8) is 0 Å². The van der Waals surface area contributed by atoms with E-state index >= 15 is 0 Å². The van der Waals surface area contributed by atoms with Crippen molar-refractivity contribution in [2.45, 2.75) is 51.8 Å². The van der Waals surface area contributed by atoms with E-state index < -0.39 is 43.7 Å². The molecule has 0 aromatic heterocycles. The van der Waals surface area contributed by atoms with E-state index in [0.29, 0.717) is 6.42 Å². The smallest absolute Gasteiger partial charge is 0.315 e. The van der Waals surface area contributed by atoms with Crippen molar-refractivity contribution in [3.8, 4) is 0 Å². The lowest BCUT2D eigenvalue weighted by atomic mass is 9.87. The van der Waals surface area contributed by atoms with Crippen LogP contribution in [0.25, 0.3) is 0 Å². The fourth-order valence-corrected chi connectivity index (χ4v) is 1.46. The number of alkyl halides is 8. The third-order valence-corrected chi connectivity index (χ3v) is 2.59. The second-order valence-corrected chi connectivity index (χ2v) is 4.86. The van der Waals surface area contributed by atoms with Crippen LogP contribution in [-0.2, 0) is 9.47 Å². The normalized spacial score (nSPS) is 14.3. The molecule has 0 aromatic rings. The molecule has 0 radical (unpaired) electrons. The molecule has 0 aliphatic rings. The zero-order chi connectivity index (χ0) is 16.9. The van der Waals surface area contributed by atoms with Crippen LogP contribution < -0.4 is 0 Å². The molecule has 0 bridgehead atoms. The Bertz CT molecular complexity index is 285. The van der Waals surface area contributed by atoms with Crippen LogP contribution in [0.5, 0.6) is 0 Å². The van der Waals surface area contributed by atoms with Gasteiger partial charge in [-0.1, -0.05) is 20.3 Å². The SMILES string of the molecule is CCCC(C)(COC(F)(F)C(F)F)COC(F)(F)C(F)F. The lowest BCUT2D eigenvalue weighted by Crippen LogP contribution is -2.40. The van der Waals surface area contributed by atoms with Gasteiger partial charge in [-0.3, -0.25) is 0 Å². The van der Waals surface area contributed by atoms with Gasteiger partial charge in [0.15, 0.2) is 0 Å². The van der Waals surface area contributed by atoms with E-state index in [0.717, 1.165) is 6.92 Å². The van der Waals surface area contributed by atoms with Gasteiger partial charge in [-0.15, -0.1) is 0 Å². The first kappa shape index (κ1) is 20.4. The Morgan fingerprint density at radius 1 is 0.810 bits per heavy atom. The van der Waals surface area contributed by atoms with Gasteiger partial charge in [0.25, 0.3) is 0 Å². The van der Waals surface area contributed by atoms with Gasteiger partial charge >= 0.3 is 25.1 Å². The van der Waals surface area contributed by atoms with E-state index in [1.54, 1.807) is 6.92 Å². The molecule has 0 unspecified atom stereocenters. The molecule has 0 heterocycles. The molecule has 0 amide bonds. The number of hydrogen-bond acceptors (Lipinski definition) is 2. The van der Waals surface area contributed by atoms with Crippen molar-refractivity contribution in [2.24, 2.45) is 5.41 Å². The maximum absolute atomic E-state index is 12.6. The van der Waals surface area contributed by atoms with Gasteiger partial charge in [0, 0.05) is 5.41 Å². The highest BCUT2D eigenvalue weighted by Crippen LogP contribution is 2.33. The maximum atomic E-state index is 12.6. The lowest BCUT2D eigenvalue weighted by Gasteiger charge is -2.32. The first-order valence-corrected chi connectivity index (χ1v) is 5.96. The van der Waals surface area contributed by atoms with E-state index in [9.17, 15) is 35.1 Å². The molecule has 0 fully saturated rings. The minimum absolute atomic E-state index is 0.0222. The first-order valence-electron chi connectivity index (χ1n) is 5.96. The average Bonchev–Trinajstić information content (AvgIpc) is 2.35. The van der Waals surface area contributed by atoms with Crippen LogP contribution in [0.1, 0.15) is 26.7 Å². The highest BCUT2D eigenvalue weighted by Gasteiger charge is 2.46. The first-order chi connectivity index (χ1) is 9.36. The van der Waals surface area contributed by atoms with Crippen LogP contribution in [0.3, 0.4) is 0 Å². The predicted octanol–water partition coefficient (Wildman–Crippen LogP) is 4.54. The number of hydrogen-bond donors (Lipinski definition) is 0. The Morgan fingerprint density at radius 2 is 1.14 bits per heavy atom. The fourth-order valence-electron chi connectivity index (χ4n) is 1.46. The summed E-state index contributed by atoms with van der Waals surface area (Å²) >= 11 is 0. The summed E-state index contributed by atoms with van der Waals surface area (Å²) in [6.45, 7) is 0.614. The van der Waals surface area contributed by atoms with Crippen molar-refractivity contribution in [2.75, 3.05) is 13.2 Å². The quantitative estimate of drug-likeness (QED) is 0.547. The third kappa shape index (κ3) is 6.77. The van der Waals surface area contributed by atoms with Crippen LogP contribution in [0.4, 0.5) is 35.1 Å². The molecular formula is C11H16F8O2. The molecule has 128 valence electrons. The molecule has 0 N–H and O–H groups in total. The summed E-state index contributed by atoms with van der Waals surface area (Å²) in [5.74, 6) is 0. The minimum atomic E-state index is -4.75. The van der Waals surface area contributed by atoms with Crippen molar-refractivity contribution in [1.82, 2.24) is 0 Å². The number of halogens is 8.